The molecule has 0 N–H and O–H groups in total. The second-order valence-corrected chi connectivity index (χ2v) is 4.81. The van der Waals surface area contributed by atoms with Gasteiger partial charge in [-0.15, -0.1) is 0 Å². The minimum Gasteiger partial charge on any atom is -0.341 e. The van der Waals surface area contributed by atoms with E-state index in [1.54, 1.807) is 0 Å². The number of carbonyl (C=O) groups is 1. The maximum atomic E-state index is 12.5. The van der Waals surface area contributed by atoms with E-state index in [9.17, 15) is 4.79 Å². The van der Waals surface area contributed by atoms with Crippen molar-refractivity contribution in [3.05, 3.63) is 59.4 Å². The first-order valence-corrected chi connectivity index (χ1v) is 6.50. The standard InChI is InChI=1S/C16H14N2O/c17-11-13-7-4-10-18-14(13)8-9-15(18)16(19)12-5-2-1-3-6-12/h1-3,5-6,8-9,13H,4,7,10H2/t13-/m0/s1. The first-order valence-electron chi connectivity index (χ1n) is 6.50. The van der Waals surface area contributed by atoms with Crippen molar-refractivity contribution in [1.82, 2.24) is 4.57 Å². The number of nitrogens with zero attached hydrogens (tertiary/aromatic N) is 2. The van der Waals surface area contributed by atoms with Crippen molar-refractivity contribution in [2.75, 3.05) is 0 Å². The van der Waals surface area contributed by atoms with Crippen LogP contribution in [0.25, 0.3) is 0 Å². The molecular formula is C16H14N2O. The molecule has 1 aliphatic rings. The van der Waals surface area contributed by atoms with Gasteiger partial charge in [-0.1, -0.05) is 30.3 Å². The Morgan fingerprint density at radius 3 is 2.74 bits per heavy atom. The van der Waals surface area contributed by atoms with Crippen LogP contribution >= 0.6 is 0 Å². The third kappa shape index (κ3) is 1.96. The summed E-state index contributed by atoms with van der Waals surface area (Å²) in [5, 5.41) is 9.15. The molecule has 2 aromatic rings. The van der Waals surface area contributed by atoms with Crippen LogP contribution in [0.1, 0.15) is 40.5 Å². The van der Waals surface area contributed by atoms with Crippen LogP contribution in [-0.2, 0) is 6.54 Å². The highest BCUT2D eigenvalue weighted by Gasteiger charge is 2.24. The van der Waals surface area contributed by atoms with Crippen LogP contribution in [0.15, 0.2) is 42.5 Å². The Morgan fingerprint density at radius 1 is 1.21 bits per heavy atom. The first kappa shape index (κ1) is 11.7. The molecule has 0 bridgehead atoms. The Kier molecular flexibility index (Phi) is 2.92. The summed E-state index contributed by atoms with van der Waals surface area (Å²) in [7, 11) is 0. The molecule has 1 aromatic heterocycles. The lowest BCUT2D eigenvalue weighted by molar-refractivity contribution is 0.102. The monoisotopic (exact) mass is 250 g/mol. The molecule has 94 valence electrons. The van der Waals surface area contributed by atoms with Crippen molar-refractivity contribution < 1.29 is 4.79 Å². The highest BCUT2D eigenvalue weighted by molar-refractivity contribution is 6.08. The molecule has 3 heteroatoms. The molecule has 1 aromatic carbocycles. The average Bonchev–Trinajstić information content (AvgIpc) is 2.91. The number of hydrogen-bond acceptors (Lipinski definition) is 2. The van der Waals surface area contributed by atoms with Crippen molar-refractivity contribution in [2.24, 2.45) is 0 Å². The van der Waals surface area contributed by atoms with E-state index in [-0.39, 0.29) is 11.7 Å². The lowest BCUT2D eigenvalue weighted by atomic mass is 9.98. The van der Waals surface area contributed by atoms with Crippen molar-refractivity contribution >= 4 is 5.78 Å². The normalized spacial score (nSPS) is 17.5. The van der Waals surface area contributed by atoms with Crippen LogP contribution in [0.5, 0.6) is 0 Å². The number of rotatable bonds is 2. The van der Waals surface area contributed by atoms with Crippen LogP contribution in [-0.4, -0.2) is 10.4 Å². The summed E-state index contributed by atoms with van der Waals surface area (Å²) >= 11 is 0. The minimum absolute atomic E-state index is 0.0328. The number of benzene rings is 1. The van der Waals surface area contributed by atoms with E-state index in [4.69, 9.17) is 5.26 Å². The van der Waals surface area contributed by atoms with E-state index >= 15 is 0 Å². The maximum Gasteiger partial charge on any atom is 0.209 e. The fourth-order valence-electron chi connectivity index (χ4n) is 2.70. The number of ketones is 1. The predicted molar refractivity (Wildman–Crippen MR) is 71.9 cm³/mol. The summed E-state index contributed by atoms with van der Waals surface area (Å²) in [4.78, 5) is 12.5. The summed E-state index contributed by atoms with van der Waals surface area (Å²) in [5.74, 6) is -0.0449. The zero-order chi connectivity index (χ0) is 13.2. The van der Waals surface area contributed by atoms with Gasteiger partial charge in [0.15, 0.2) is 0 Å². The molecule has 0 aliphatic carbocycles. The van der Waals surface area contributed by atoms with Gasteiger partial charge in [-0.3, -0.25) is 4.79 Å². The highest BCUT2D eigenvalue weighted by atomic mass is 16.1. The van der Waals surface area contributed by atoms with Crippen LogP contribution in [0.4, 0.5) is 0 Å². The second-order valence-electron chi connectivity index (χ2n) is 4.81. The predicted octanol–water partition coefficient (Wildman–Crippen LogP) is 3.12. The SMILES string of the molecule is N#C[C@@H]1CCCn2c(C(=O)c3ccccc3)ccc21. The summed E-state index contributed by atoms with van der Waals surface area (Å²) in [6.45, 7) is 0.828. The van der Waals surface area contributed by atoms with Gasteiger partial charge in [0.25, 0.3) is 0 Å². The number of nitriles is 1. The Morgan fingerprint density at radius 2 is 2.00 bits per heavy atom. The number of aromatic nitrogens is 1. The second kappa shape index (κ2) is 4.74. The van der Waals surface area contributed by atoms with Crippen molar-refractivity contribution in [2.45, 2.75) is 25.3 Å². The molecule has 0 saturated carbocycles. The van der Waals surface area contributed by atoms with Crippen molar-refractivity contribution in [3.8, 4) is 6.07 Å². The van der Waals surface area contributed by atoms with Gasteiger partial charge in [0.1, 0.15) is 0 Å². The van der Waals surface area contributed by atoms with Gasteiger partial charge in [-0.25, -0.2) is 0 Å². The molecule has 3 nitrogen and oxygen atoms in total. The molecule has 3 rings (SSSR count). The third-order valence-corrected chi connectivity index (χ3v) is 3.67. The van der Waals surface area contributed by atoms with Crippen molar-refractivity contribution in [3.63, 3.8) is 0 Å². The minimum atomic E-state index is -0.0777. The maximum absolute atomic E-state index is 12.5. The molecule has 0 radical (unpaired) electrons. The molecular weight excluding hydrogens is 236 g/mol. The fraction of sp³-hybridized carbons (Fsp3) is 0.250. The van der Waals surface area contributed by atoms with Gasteiger partial charge >= 0.3 is 0 Å². The molecule has 0 spiro atoms. The van der Waals surface area contributed by atoms with Crippen LogP contribution in [0.2, 0.25) is 0 Å². The Balaban J connectivity index is 2.02. The zero-order valence-corrected chi connectivity index (χ0v) is 10.5. The van der Waals surface area contributed by atoms with Gasteiger partial charge in [0.05, 0.1) is 17.7 Å². The van der Waals surface area contributed by atoms with E-state index in [2.05, 4.69) is 6.07 Å². The number of fused-ring (bicyclic) bond motifs is 1. The molecule has 1 atom stereocenters. The van der Waals surface area contributed by atoms with Gasteiger partial charge in [0.2, 0.25) is 5.78 Å². The summed E-state index contributed by atoms with van der Waals surface area (Å²) in [5.41, 5.74) is 2.37. The Bertz CT molecular complexity index is 649. The fourth-order valence-corrected chi connectivity index (χ4v) is 2.70. The molecule has 0 unspecified atom stereocenters. The number of hydrogen-bond donors (Lipinski definition) is 0. The molecule has 0 saturated heterocycles. The van der Waals surface area contributed by atoms with Crippen LogP contribution in [0.3, 0.4) is 0 Å². The number of carbonyl (C=O) groups excluding carboxylic acids is 1. The quantitative estimate of drug-likeness (QED) is 0.769. The van der Waals surface area contributed by atoms with Crippen LogP contribution in [0, 0.1) is 11.3 Å². The summed E-state index contributed by atoms with van der Waals surface area (Å²) in [6.07, 6.45) is 1.84. The Labute approximate surface area is 112 Å². The topological polar surface area (TPSA) is 45.8 Å². The zero-order valence-electron chi connectivity index (χ0n) is 10.5. The van der Waals surface area contributed by atoms with Gasteiger partial charge in [-0.05, 0) is 25.0 Å². The largest absolute Gasteiger partial charge is 0.341 e. The van der Waals surface area contributed by atoms with E-state index < -0.39 is 0 Å². The molecule has 0 fully saturated rings. The van der Waals surface area contributed by atoms with Crippen molar-refractivity contribution in [1.29, 1.82) is 5.26 Å². The average molecular weight is 250 g/mol. The molecule has 19 heavy (non-hydrogen) atoms. The smallest absolute Gasteiger partial charge is 0.209 e. The van der Waals surface area contributed by atoms with Gasteiger partial charge < -0.3 is 4.57 Å². The molecule has 0 amide bonds. The van der Waals surface area contributed by atoms with E-state index in [1.165, 1.54) is 0 Å². The molecule has 1 aliphatic heterocycles. The first-order chi connectivity index (χ1) is 9.31. The van der Waals surface area contributed by atoms with E-state index in [0.717, 1.165) is 25.1 Å². The Hall–Kier alpha value is -2.34. The lowest BCUT2D eigenvalue weighted by Gasteiger charge is -2.21. The highest BCUT2D eigenvalue weighted by Crippen LogP contribution is 2.29. The summed E-state index contributed by atoms with van der Waals surface area (Å²) < 4.78 is 2.01. The van der Waals surface area contributed by atoms with Gasteiger partial charge in [-0.2, -0.15) is 5.26 Å². The van der Waals surface area contributed by atoms with Gasteiger partial charge in [0, 0.05) is 17.8 Å². The molecule has 2 heterocycles. The summed E-state index contributed by atoms with van der Waals surface area (Å²) in [6, 6.07) is 15.4. The van der Waals surface area contributed by atoms with E-state index in [0.29, 0.717) is 11.3 Å². The lowest BCUT2D eigenvalue weighted by Crippen LogP contribution is -2.18. The van der Waals surface area contributed by atoms with E-state index in [1.807, 2.05) is 47.0 Å². The van der Waals surface area contributed by atoms with Crippen LogP contribution < -0.4 is 0 Å². The third-order valence-electron chi connectivity index (χ3n) is 3.67.